The highest BCUT2D eigenvalue weighted by Crippen LogP contribution is 2.39. The molecule has 0 aromatic heterocycles. The first kappa shape index (κ1) is 14.6. The molecular weight excluding hydrogens is 228 g/mol. The van der Waals surface area contributed by atoms with Crippen LogP contribution in [0.25, 0.3) is 0 Å². The molecule has 0 amide bonds. The van der Waals surface area contributed by atoms with Crippen LogP contribution in [0, 0.1) is 13.8 Å². The molecule has 2 N–H and O–H groups in total. The van der Waals surface area contributed by atoms with E-state index in [1.54, 1.807) is 14.2 Å². The van der Waals surface area contributed by atoms with Crippen molar-refractivity contribution in [2.75, 3.05) is 32.7 Å². The minimum absolute atomic E-state index is 0.241. The summed E-state index contributed by atoms with van der Waals surface area (Å²) in [4.78, 5) is 2.12. The molecule has 1 aromatic rings. The SMILES string of the molecule is COc1cc(N(C)C(C)CN)c(OC)c(C)c1C. The number of anilines is 1. The van der Waals surface area contributed by atoms with Gasteiger partial charge in [0.1, 0.15) is 11.5 Å². The van der Waals surface area contributed by atoms with Crippen LogP contribution < -0.4 is 20.1 Å². The topological polar surface area (TPSA) is 47.7 Å². The van der Waals surface area contributed by atoms with Crippen molar-refractivity contribution in [1.82, 2.24) is 0 Å². The van der Waals surface area contributed by atoms with E-state index >= 15 is 0 Å². The summed E-state index contributed by atoms with van der Waals surface area (Å²) in [6, 6.07) is 2.25. The Morgan fingerprint density at radius 1 is 1.22 bits per heavy atom. The van der Waals surface area contributed by atoms with Gasteiger partial charge in [0.15, 0.2) is 0 Å². The predicted molar refractivity (Wildman–Crippen MR) is 75.9 cm³/mol. The Kier molecular flexibility index (Phi) is 4.84. The summed E-state index contributed by atoms with van der Waals surface area (Å²) in [5, 5.41) is 0. The number of benzene rings is 1. The lowest BCUT2D eigenvalue weighted by Gasteiger charge is -2.29. The van der Waals surface area contributed by atoms with E-state index in [-0.39, 0.29) is 6.04 Å². The van der Waals surface area contributed by atoms with E-state index < -0.39 is 0 Å². The standard InChI is InChI=1S/C14H24N2O2/c1-9(8-15)16(4)12-7-13(17-5)10(2)11(3)14(12)18-6/h7,9H,8,15H2,1-6H3. The molecule has 0 aliphatic rings. The lowest BCUT2D eigenvalue weighted by Crippen LogP contribution is -2.35. The fraction of sp³-hybridized carbons (Fsp3) is 0.571. The average molecular weight is 252 g/mol. The van der Waals surface area contributed by atoms with Gasteiger partial charge in [-0.1, -0.05) is 0 Å². The Balaban J connectivity index is 3.37. The van der Waals surface area contributed by atoms with Gasteiger partial charge in [-0.3, -0.25) is 0 Å². The number of hydrogen-bond donors (Lipinski definition) is 1. The maximum atomic E-state index is 5.73. The van der Waals surface area contributed by atoms with Gasteiger partial charge < -0.3 is 20.1 Å². The molecule has 0 aliphatic heterocycles. The monoisotopic (exact) mass is 252 g/mol. The van der Waals surface area contributed by atoms with Crippen molar-refractivity contribution in [3.63, 3.8) is 0 Å². The molecule has 0 fully saturated rings. The maximum absolute atomic E-state index is 5.73. The summed E-state index contributed by atoms with van der Waals surface area (Å²) < 4.78 is 11.0. The third-order valence-electron chi connectivity index (χ3n) is 3.58. The van der Waals surface area contributed by atoms with Crippen LogP contribution in [-0.4, -0.2) is 33.9 Å². The Bertz CT molecular complexity index is 419. The van der Waals surface area contributed by atoms with Crippen molar-refractivity contribution in [2.24, 2.45) is 5.73 Å². The highest BCUT2D eigenvalue weighted by molar-refractivity contribution is 5.67. The van der Waals surface area contributed by atoms with Crippen LogP contribution in [0.5, 0.6) is 11.5 Å². The van der Waals surface area contributed by atoms with Crippen molar-refractivity contribution in [2.45, 2.75) is 26.8 Å². The first-order chi connectivity index (χ1) is 8.47. The number of nitrogens with zero attached hydrogens (tertiary/aromatic N) is 1. The van der Waals surface area contributed by atoms with E-state index in [9.17, 15) is 0 Å². The zero-order valence-electron chi connectivity index (χ0n) is 12.2. The molecule has 4 nitrogen and oxygen atoms in total. The minimum atomic E-state index is 0.241. The minimum Gasteiger partial charge on any atom is -0.496 e. The van der Waals surface area contributed by atoms with Crippen LogP contribution in [0.2, 0.25) is 0 Å². The maximum Gasteiger partial charge on any atom is 0.145 e. The van der Waals surface area contributed by atoms with Crippen molar-refractivity contribution in [3.8, 4) is 11.5 Å². The van der Waals surface area contributed by atoms with Crippen molar-refractivity contribution >= 4 is 5.69 Å². The zero-order chi connectivity index (χ0) is 13.9. The van der Waals surface area contributed by atoms with Gasteiger partial charge in [-0.2, -0.15) is 0 Å². The number of ether oxygens (including phenoxy) is 2. The van der Waals surface area contributed by atoms with Crippen LogP contribution >= 0.6 is 0 Å². The normalized spacial score (nSPS) is 12.2. The molecule has 1 atom stereocenters. The van der Waals surface area contributed by atoms with Crippen LogP contribution in [0.3, 0.4) is 0 Å². The third-order valence-corrected chi connectivity index (χ3v) is 3.58. The lowest BCUT2D eigenvalue weighted by molar-refractivity contribution is 0.397. The summed E-state index contributed by atoms with van der Waals surface area (Å²) in [6.07, 6.45) is 0. The summed E-state index contributed by atoms with van der Waals surface area (Å²) in [5.41, 5.74) is 8.94. The summed E-state index contributed by atoms with van der Waals surface area (Å²) >= 11 is 0. The molecular formula is C14H24N2O2. The summed E-state index contributed by atoms with van der Waals surface area (Å²) in [7, 11) is 5.40. The fourth-order valence-corrected chi connectivity index (χ4v) is 1.97. The molecule has 0 aliphatic carbocycles. The Morgan fingerprint density at radius 2 is 1.83 bits per heavy atom. The lowest BCUT2D eigenvalue weighted by atomic mass is 10.0. The molecule has 18 heavy (non-hydrogen) atoms. The number of methoxy groups -OCH3 is 2. The number of hydrogen-bond acceptors (Lipinski definition) is 4. The third kappa shape index (κ3) is 2.53. The molecule has 0 saturated carbocycles. The summed E-state index contributed by atoms with van der Waals surface area (Å²) in [5.74, 6) is 1.76. The molecule has 0 bridgehead atoms. The second-order valence-corrected chi connectivity index (χ2v) is 4.58. The molecule has 1 rings (SSSR count). The Hall–Kier alpha value is -1.42. The van der Waals surface area contributed by atoms with Gasteiger partial charge in [0.05, 0.1) is 19.9 Å². The number of nitrogens with two attached hydrogens (primary N) is 1. The highest BCUT2D eigenvalue weighted by Gasteiger charge is 2.19. The van der Waals surface area contributed by atoms with Gasteiger partial charge in [0, 0.05) is 25.7 Å². The van der Waals surface area contributed by atoms with E-state index in [0.29, 0.717) is 6.54 Å². The van der Waals surface area contributed by atoms with Crippen molar-refractivity contribution in [3.05, 3.63) is 17.2 Å². The van der Waals surface area contributed by atoms with E-state index in [4.69, 9.17) is 15.2 Å². The molecule has 0 heterocycles. The van der Waals surface area contributed by atoms with Crippen LogP contribution in [0.15, 0.2) is 6.07 Å². The molecule has 4 heteroatoms. The van der Waals surface area contributed by atoms with Gasteiger partial charge in [-0.15, -0.1) is 0 Å². The second-order valence-electron chi connectivity index (χ2n) is 4.58. The van der Waals surface area contributed by atoms with Crippen molar-refractivity contribution < 1.29 is 9.47 Å². The van der Waals surface area contributed by atoms with Gasteiger partial charge in [0.2, 0.25) is 0 Å². The first-order valence-corrected chi connectivity index (χ1v) is 6.12. The highest BCUT2D eigenvalue weighted by atomic mass is 16.5. The molecule has 1 unspecified atom stereocenters. The average Bonchev–Trinajstić information content (AvgIpc) is 2.39. The Labute approximate surface area is 110 Å². The van der Waals surface area contributed by atoms with Crippen LogP contribution in [0.4, 0.5) is 5.69 Å². The molecule has 0 radical (unpaired) electrons. The predicted octanol–water partition coefficient (Wildman–Crippen LogP) is 2.10. The van der Waals surface area contributed by atoms with Gasteiger partial charge in [-0.25, -0.2) is 0 Å². The quantitative estimate of drug-likeness (QED) is 0.872. The first-order valence-electron chi connectivity index (χ1n) is 6.12. The molecule has 0 spiro atoms. The number of rotatable bonds is 5. The van der Waals surface area contributed by atoms with Crippen LogP contribution in [0.1, 0.15) is 18.1 Å². The van der Waals surface area contributed by atoms with E-state index in [1.165, 1.54) is 0 Å². The van der Waals surface area contributed by atoms with Crippen LogP contribution in [-0.2, 0) is 0 Å². The summed E-state index contributed by atoms with van der Waals surface area (Å²) in [6.45, 7) is 6.75. The van der Waals surface area contributed by atoms with Gasteiger partial charge >= 0.3 is 0 Å². The van der Waals surface area contributed by atoms with E-state index in [1.807, 2.05) is 27.0 Å². The van der Waals surface area contributed by atoms with E-state index in [0.717, 1.165) is 28.3 Å². The van der Waals surface area contributed by atoms with E-state index in [2.05, 4.69) is 11.8 Å². The fourth-order valence-electron chi connectivity index (χ4n) is 1.97. The van der Waals surface area contributed by atoms with Crippen molar-refractivity contribution in [1.29, 1.82) is 0 Å². The smallest absolute Gasteiger partial charge is 0.145 e. The molecule has 1 aromatic carbocycles. The molecule has 0 saturated heterocycles. The Morgan fingerprint density at radius 3 is 2.28 bits per heavy atom. The second kappa shape index (κ2) is 5.96. The zero-order valence-corrected chi connectivity index (χ0v) is 12.2. The molecule has 102 valence electrons. The van der Waals surface area contributed by atoms with Gasteiger partial charge in [-0.05, 0) is 31.9 Å². The van der Waals surface area contributed by atoms with Gasteiger partial charge in [0.25, 0.3) is 0 Å². The largest absolute Gasteiger partial charge is 0.496 e. The number of likely N-dealkylation sites (N-methyl/N-ethyl adjacent to an activating group) is 1.